The van der Waals surface area contributed by atoms with E-state index < -0.39 is 0 Å². The number of benzene rings is 1. The molecule has 0 aliphatic heterocycles. The van der Waals surface area contributed by atoms with Crippen LogP contribution in [0.2, 0.25) is 0 Å². The van der Waals surface area contributed by atoms with Gasteiger partial charge < -0.3 is 15.6 Å². The van der Waals surface area contributed by atoms with Crippen LogP contribution in [0, 0.1) is 18.8 Å². The molecule has 3 N–H and O–H groups in total. The zero-order chi connectivity index (χ0) is 14.4. The minimum Gasteiger partial charge on any atom is -0.361 e. The van der Waals surface area contributed by atoms with Gasteiger partial charge in [0.25, 0.3) is 5.91 Å². The molecule has 0 aliphatic carbocycles. The number of carbonyl (C=O) groups excluding carboxylic acids is 1. The molecule has 0 saturated carbocycles. The summed E-state index contributed by atoms with van der Waals surface area (Å²) >= 11 is 0. The Labute approximate surface area is 117 Å². The molecule has 0 aliphatic rings. The molecular formula is C15H15N3O2. The normalized spacial score (nSPS) is 9.70. The maximum Gasteiger partial charge on any atom is 0.251 e. The Morgan fingerprint density at radius 2 is 2.30 bits per heavy atom. The SMILES string of the molecule is Cc1cc(CNC(=O)c2cccc(C#CCN)c2)no1. The molecule has 0 saturated heterocycles. The van der Waals surface area contributed by atoms with Crippen molar-refractivity contribution in [1.29, 1.82) is 0 Å². The van der Waals surface area contributed by atoms with Crippen molar-refractivity contribution < 1.29 is 9.32 Å². The second-order valence-electron chi connectivity index (χ2n) is 4.20. The molecule has 0 atom stereocenters. The van der Waals surface area contributed by atoms with Crippen LogP contribution in [0.4, 0.5) is 0 Å². The molecule has 1 aromatic heterocycles. The summed E-state index contributed by atoms with van der Waals surface area (Å²) in [5, 5.41) is 6.59. The fourth-order valence-corrected chi connectivity index (χ4v) is 1.67. The minimum absolute atomic E-state index is 0.179. The van der Waals surface area contributed by atoms with Crippen molar-refractivity contribution in [3.8, 4) is 11.8 Å². The third-order valence-corrected chi connectivity index (χ3v) is 2.57. The lowest BCUT2D eigenvalue weighted by molar-refractivity contribution is 0.0950. The highest BCUT2D eigenvalue weighted by molar-refractivity contribution is 5.94. The van der Waals surface area contributed by atoms with Crippen molar-refractivity contribution in [3.63, 3.8) is 0 Å². The Morgan fingerprint density at radius 1 is 1.45 bits per heavy atom. The van der Waals surface area contributed by atoms with E-state index >= 15 is 0 Å². The average Bonchev–Trinajstić information content (AvgIpc) is 2.88. The highest BCUT2D eigenvalue weighted by atomic mass is 16.5. The van der Waals surface area contributed by atoms with E-state index in [-0.39, 0.29) is 5.91 Å². The predicted octanol–water partition coefficient (Wildman–Crippen LogP) is 1.22. The van der Waals surface area contributed by atoms with Gasteiger partial charge in [0.05, 0.1) is 13.1 Å². The van der Waals surface area contributed by atoms with Crippen molar-refractivity contribution in [2.24, 2.45) is 5.73 Å². The standard InChI is InChI=1S/C15H15N3O2/c1-11-8-14(18-20-11)10-17-15(19)13-6-2-4-12(9-13)5-3-7-16/h2,4,6,8-9H,7,10,16H2,1H3,(H,17,19). The van der Waals surface area contributed by atoms with Gasteiger partial charge in [-0.15, -0.1) is 0 Å². The van der Waals surface area contributed by atoms with Gasteiger partial charge in [0.2, 0.25) is 0 Å². The van der Waals surface area contributed by atoms with Gasteiger partial charge in [-0.3, -0.25) is 4.79 Å². The minimum atomic E-state index is -0.179. The van der Waals surface area contributed by atoms with Gasteiger partial charge in [-0.1, -0.05) is 23.1 Å². The second-order valence-corrected chi connectivity index (χ2v) is 4.20. The molecule has 2 aromatic rings. The topological polar surface area (TPSA) is 81.2 Å². The average molecular weight is 269 g/mol. The quantitative estimate of drug-likeness (QED) is 0.821. The Balaban J connectivity index is 2.01. The lowest BCUT2D eigenvalue weighted by atomic mass is 10.1. The predicted molar refractivity (Wildman–Crippen MR) is 74.8 cm³/mol. The largest absolute Gasteiger partial charge is 0.361 e. The summed E-state index contributed by atoms with van der Waals surface area (Å²) in [6, 6.07) is 8.86. The van der Waals surface area contributed by atoms with E-state index in [2.05, 4.69) is 22.3 Å². The van der Waals surface area contributed by atoms with E-state index in [1.165, 1.54) is 0 Å². The monoisotopic (exact) mass is 269 g/mol. The van der Waals surface area contributed by atoms with E-state index in [0.29, 0.717) is 30.1 Å². The van der Waals surface area contributed by atoms with Crippen molar-refractivity contribution in [1.82, 2.24) is 10.5 Å². The summed E-state index contributed by atoms with van der Waals surface area (Å²) in [4.78, 5) is 12.0. The van der Waals surface area contributed by atoms with Gasteiger partial charge in [-0.2, -0.15) is 0 Å². The lowest BCUT2D eigenvalue weighted by Crippen LogP contribution is -2.22. The zero-order valence-electron chi connectivity index (χ0n) is 11.1. The van der Waals surface area contributed by atoms with E-state index in [1.54, 1.807) is 31.2 Å². The van der Waals surface area contributed by atoms with Gasteiger partial charge in [0.1, 0.15) is 11.5 Å². The summed E-state index contributed by atoms with van der Waals surface area (Å²) in [6.45, 7) is 2.43. The first-order chi connectivity index (χ1) is 9.69. The van der Waals surface area contributed by atoms with Crippen molar-refractivity contribution >= 4 is 5.91 Å². The summed E-state index contributed by atoms with van der Waals surface area (Å²) in [7, 11) is 0. The number of aryl methyl sites for hydroxylation is 1. The van der Waals surface area contributed by atoms with E-state index in [4.69, 9.17) is 10.3 Å². The zero-order valence-corrected chi connectivity index (χ0v) is 11.1. The fraction of sp³-hybridized carbons (Fsp3) is 0.200. The first-order valence-electron chi connectivity index (χ1n) is 6.18. The molecule has 2 rings (SSSR count). The van der Waals surface area contributed by atoms with Crippen molar-refractivity contribution in [2.75, 3.05) is 6.54 Å². The summed E-state index contributed by atoms with van der Waals surface area (Å²) < 4.78 is 4.93. The Hall–Kier alpha value is -2.58. The van der Waals surface area contributed by atoms with Crippen LogP contribution in [0.5, 0.6) is 0 Å². The number of nitrogens with zero attached hydrogens (tertiary/aromatic N) is 1. The van der Waals surface area contributed by atoms with Gasteiger partial charge in [-0.05, 0) is 25.1 Å². The fourth-order valence-electron chi connectivity index (χ4n) is 1.67. The maximum atomic E-state index is 12.0. The molecule has 1 aromatic carbocycles. The number of hydrogen-bond acceptors (Lipinski definition) is 4. The van der Waals surface area contributed by atoms with Crippen molar-refractivity contribution in [3.05, 3.63) is 52.9 Å². The Morgan fingerprint density at radius 3 is 3.00 bits per heavy atom. The summed E-state index contributed by atoms with van der Waals surface area (Å²) in [5.74, 6) is 6.19. The molecule has 0 bridgehead atoms. The first-order valence-corrected chi connectivity index (χ1v) is 6.18. The molecule has 20 heavy (non-hydrogen) atoms. The maximum absolute atomic E-state index is 12.0. The summed E-state index contributed by atoms with van der Waals surface area (Å²) in [5.41, 5.74) is 7.32. The third-order valence-electron chi connectivity index (χ3n) is 2.57. The van der Waals surface area contributed by atoms with Crippen LogP contribution in [0.1, 0.15) is 27.4 Å². The number of nitrogens with one attached hydrogen (secondary N) is 1. The van der Waals surface area contributed by atoms with E-state index in [1.807, 2.05) is 6.07 Å². The highest BCUT2D eigenvalue weighted by Gasteiger charge is 2.07. The number of carbonyl (C=O) groups is 1. The van der Waals surface area contributed by atoms with Crippen LogP contribution < -0.4 is 11.1 Å². The molecule has 5 nitrogen and oxygen atoms in total. The van der Waals surface area contributed by atoms with Crippen molar-refractivity contribution in [2.45, 2.75) is 13.5 Å². The molecule has 5 heteroatoms. The van der Waals surface area contributed by atoms with Crippen LogP contribution in [-0.2, 0) is 6.54 Å². The van der Waals surface area contributed by atoms with Crippen LogP contribution in [0.15, 0.2) is 34.9 Å². The molecule has 0 fully saturated rings. The smallest absolute Gasteiger partial charge is 0.251 e. The van der Waals surface area contributed by atoms with Gasteiger partial charge in [-0.25, -0.2) is 0 Å². The second kappa shape index (κ2) is 6.55. The molecule has 0 radical (unpaired) electrons. The number of rotatable bonds is 3. The van der Waals surface area contributed by atoms with Crippen LogP contribution in [0.25, 0.3) is 0 Å². The Kier molecular flexibility index (Phi) is 4.53. The third kappa shape index (κ3) is 3.70. The number of nitrogens with two attached hydrogens (primary N) is 1. The van der Waals surface area contributed by atoms with Gasteiger partial charge in [0, 0.05) is 17.2 Å². The van der Waals surface area contributed by atoms with Crippen LogP contribution in [-0.4, -0.2) is 17.6 Å². The highest BCUT2D eigenvalue weighted by Crippen LogP contribution is 2.05. The van der Waals surface area contributed by atoms with E-state index in [0.717, 1.165) is 5.56 Å². The molecule has 0 spiro atoms. The lowest BCUT2D eigenvalue weighted by Gasteiger charge is -2.03. The Bertz CT molecular complexity index is 665. The molecule has 0 unspecified atom stereocenters. The number of amides is 1. The van der Waals surface area contributed by atoms with Gasteiger partial charge in [0.15, 0.2) is 0 Å². The summed E-state index contributed by atoms with van der Waals surface area (Å²) in [6.07, 6.45) is 0. The molecule has 1 heterocycles. The number of hydrogen-bond donors (Lipinski definition) is 2. The molecular weight excluding hydrogens is 254 g/mol. The molecule has 102 valence electrons. The number of aromatic nitrogens is 1. The first kappa shape index (κ1) is 13.8. The molecule has 1 amide bonds. The van der Waals surface area contributed by atoms with Gasteiger partial charge >= 0.3 is 0 Å². The van der Waals surface area contributed by atoms with E-state index in [9.17, 15) is 4.79 Å². The van der Waals surface area contributed by atoms with Crippen LogP contribution >= 0.6 is 0 Å². The van der Waals surface area contributed by atoms with Crippen LogP contribution in [0.3, 0.4) is 0 Å².